The summed E-state index contributed by atoms with van der Waals surface area (Å²) in [5.41, 5.74) is -0.0398. The Bertz CT molecular complexity index is 440. The van der Waals surface area contributed by atoms with Gasteiger partial charge in [-0.2, -0.15) is 16.9 Å². The van der Waals surface area contributed by atoms with Crippen molar-refractivity contribution >= 4 is 17.7 Å². The first kappa shape index (κ1) is 12.2. The Labute approximate surface area is 103 Å². The molecule has 0 bridgehead atoms. The molecule has 5 nitrogen and oxygen atoms in total. The topological polar surface area (TPSA) is 74.8 Å². The van der Waals surface area contributed by atoms with Crippen molar-refractivity contribution in [3.05, 3.63) is 28.2 Å². The van der Waals surface area contributed by atoms with Gasteiger partial charge < -0.3 is 5.32 Å². The Balaban J connectivity index is 1.93. The highest BCUT2D eigenvalue weighted by Gasteiger charge is 2.25. The fraction of sp³-hybridized carbons (Fsp3) is 0.545. The second-order valence-corrected chi connectivity index (χ2v) is 5.29. The van der Waals surface area contributed by atoms with Gasteiger partial charge in [-0.15, -0.1) is 0 Å². The van der Waals surface area contributed by atoms with E-state index >= 15 is 0 Å². The lowest BCUT2D eigenvalue weighted by molar-refractivity contribution is 0.0932. The lowest BCUT2D eigenvalue weighted by atomic mass is 10.2. The molecule has 1 aliphatic carbocycles. The zero-order valence-corrected chi connectivity index (χ0v) is 10.4. The van der Waals surface area contributed by atoms with Gasteiger partial charge in [0.25, 0.3) is 11.5 Å². The largest absolute Gasteiger partial charge is 0.348 e. The normalized spacial score (nSPS) is 23.6. The zero-order valence-electron chi connectivity index (χ0n) is 9.60. The summed E-state index contributed by atoms with van der Waals surface area (Å²) >= 11 is 1.85. The number of rotatable bonds is 3. The maximum atomic E-state index is 11.8. The van der Waals surface area contributed by atoms with E-state index in [4.69, 9.17) is 0 Å². The van der Waals surface area contributed by atoms with E-state index in [0.717, 1.165) is 19.3 Å². The van der Waals surface area contributed by atoms with Gasteiger partial charge in [-0.05, 0) is 31.6 Å². The summed E-state index contributed by atoms with van der Waals surface area (Å²) < 4.78 is 0. The van der Waals surface area contributed by atoms with Gasteiger partial charge in [0.2, 0.25) is 0 Å². The number of hydrogen-bond acceptors (Lipinski definition) is 4. The van der Waals surface area contributed by atoms with Crippen LogP contribution in [0, 0.1) is 0 Å². The van der Waals surface area contributed by atoms with Crippen molar-refractivity contribution in [3.63, 3.8) is 0 Å². The molecule has 0 aromatic carbocycles. The number of aromatic amines is 1. The van der Waals surface area contributed by atoms with Gasteiger partial charge >= 0.3 is 0 Å². The molecule has 2 unspecified atom stereocenters. The summed E-state index contributed by atoms with van der Waals surface area (Å²) in [7, 11) is 0. The van der Waals surface area contributed by atoms with Crippen LogP contribution >= 0.6 is 11.8 Å². The number of amides is 1. The average Bonchev–Trinajstić information content (AvgIpc) is 2.77. The third kappa shape index (κ3) is 3.09. The lowest BCUT2D eigenvalue weighted by Gasteiger charge is -2.11. The lowest BCUT2D eigenvalue weighted by Crippen LogP contribution is -2.34. The van der Waals surface area contributed by atoms with Crippen molar-refractivity contribution in [2.75, 3.05) is 6.26 Å². The molecule has 0 radical (unpaired) electrons. The first-order valence-electron chi connectivity index (χ1n) is 5.58. The number of aromatic nitrogens is 2. The zero-order chi connectivity index (χ0) is 12.3. The molecule has 0 spiro atoms. The van der Waals surface area contributed by atoms with Crippen molar-refractivity contribution in [1.29, 1.82) is 0 Å². The molecule has 92 valence electrons. The standard InChI is InChI=1S/C11H15N3O2S/c1-17-8-3-2-7(6-8)12-11(16)9-4-5-10(15)14-13-9/h4-5,7-8H,2-3,6H2,1H3,(H,12,16)(H,14,15). The van der Waals surface area contributed by atoms with Crippen LogP contribution < -0.4 is 10.9 Å². The summed E-state index contributed by atoms with van der Waals surface area (Å²) in [5.74, 6) is -0.215. The molecule has 2 atom stereocenters. The van der Waals surface area contributed by atoms with Crippen LogP contribution in [0.25, 0.3) is 0 Å². The van der Waals surface area contributed by atoms with Crippen molar-refractivity contribution in [1.82, 2.24) is 15.5 Å². The maximum Gasteiger partial charge on any atom is 0.271 e. The highest BCUT2D eigenvalue weighted by molar-refractivity contribution is 7.99. The van der Waals surface area contributed by atoms with Crippen LogP contribution in [0.1, 0.15) is 29.8 Å². The van der Waals surface area contributed by atoms with Crippen LogP contribution in [-0.4, -0.2) is 33.7 Å². The predicted molar refractivity (Wildman–Crippen MR) is 67.3 cm³/mol. The molecule has 2 N–H and O–H groups in total. The predicted octanol–water partition coefficient (Wildman–Crippen LogP) is 0.784. The summed E-state index contributed by atoms with van der Waals surface area (Å²) in [4.78, 5) is 22.6. The van der Waals surface area contributed by atoms with Gasteiger partial charge in [-0.3, -0.25) is 9.59 Å². The Hall–Kier alpha value is -1.30. The average molecular weight is 253 g/mol. The molecule has 1 saturated carbocycles. The molecular weight excluding hydrogens is 238 g/mol. The second kappa shape index (κ2) is 5.35. The molecule has 1 amide bonds. The minimum Gasteiger partial charge on any atom is -0.348 e. The third-order valence-corrected chi connectivity index (χ3v) is 4.06. The Morgan fingerprint density at radius 3 is 2.94 bits per heavy atom. The highest BCUT2D eigenvalue weighted by Crippen LogP contribution is 2.28. The fourth-order valence-corrected chi connectivity index (χ4v) is 2.81. The van der Waals surface area contributed by atoms with Gasteiger partial charge in [-0.1, -0.05) is 0 Å². The van der Waals surface area contributed by atoms with Gasteiger partial charge in [0.05, 0.1) is 0 Å². The number of thioether (sulfide) groups is 1. The van der Waals surface area contributed by atoms with Crippen molar-refractivity contribution in [2.45, 2.75) is 30.6 Å². The third-order valence-electron chi connectivity index (χ3n) is 2.96. The Kier molecular flexibility index (Phi) is 3.83. The molecular formula is C11H15N3O2S. The van der Waals surface area contributed by atoms with Gasteiger partial charge in [-0.25, -0.2) is 5.10 Å². The van der Waals surface area contributed by atoms with Crippen LogP contribution in [0.2, 0.25) is 0 Å². The summed E-state index contributed by atoms with van der Waals surface area (Å²) in [5, 5.41) is 9.54. The first-order chi connectivity index (χ1) is 8.19. The quantitative estimate of drug-likeness (QED) is 0.835. The number of carbonyl (C=O) groups excluding carboxylic acids is 1. The van der Waals surface area contributed by atoms with E-state index in [1.54, 1.807) is 0 Å². The van der Waals surface area contributed by atoms with E-state index in [1.165, 1.54) is 12.1 Å². The minimum absolute atomic E-state index is 0.215. The van der Waals surface area contributed by atoms with Crippen LogP contribution in [0.4, 0.5) is 0 Å². The van der Waals surface area contributed by atoms with Crippen molar-refractivity contribution in [2.24, 2.45) is 0 Å². The molecule has 1 fully saturated rings. The van der Waals surface area contributed by atoms with E-state index in [-0.39, 0.29) is 23.2 Å². The molecule has 0 aliphatic heterocycles. The molecule has 1 heterocycles. The molecule has 1 aromatic heterocycles. The van der Waals surface area contributed by atoms with Crippen LogP contribution in [-0.2, 0) is 0 Å². The molecule has 2 rings (SSSR count). The number of H-pyrrole nitrogens is 1. The molecule has 6 heteroatoms. The van der Waals surface area contributed by atoms with E-state index in [9.17, 15) is 9.59 Å². The van der Waals surface area contributed by atoms with Crippen molar-refractivity contribution < 1.29 is 4.79 Å². The number of nitrogens with zero attached hydrogens (tertiary/aromatic N) is 1. The summed E-state index contributed by atoms with van der Waals surface area (Å²) in [6.07, 6.45) is 5.26. The van der Waals surface area contributed by atoms with Crippen LogP contribution in [0.5, 0.6) is 0 Å². The fourth-order valence-electron chi connectivity index (χ4n) is 2.02. The van der Waals surface area contributed by atoms with Gasteiger partial charge in [0.1, 0.15) is 5.69 Å². The second-order valence-electron chi connectivity index (χ2n) is 4.15. The monoisotopic (exact) mass is 253 g/mol. The first-order valence-corrected chi connectivity index (χ1v) is 6.87. The van der Waals surface area contributed by atoms with E-state index in [2.05, 4.69) is 21.8 Å². The molecule has 1 aromatic rings. The minimum atomic E-state index is -0.301. The van der Waals surface area contributed by atoms with E-state index < -0.39 is 0 Å². The number of hydrogen-bond donors (Lipinski definition) is 2. The van der Waals surface area contributed by atoms with E-state index in [0.29, 0.717) is 5.25 Å². The van der Waals surface area contributed by atoms with Gasteiger partial charge in [0.15, 0.2) is 0 Å². The van der Waals surface area contributed by atoms with Gasteiger partial charge in [0, 0.05) is 17.4 Å². The summed E-state index contributed by atoms with van der Waals surface area (Å²) in [6, 6.07) is 2.98. The Morgan fingerprint density at radius 2 is 2.35 bits per heavy atom. The number of nitrogens with one attached hydrogen (secondary N) is 2. The van der Waals surface area contributed by atoms with Crippen molar-refractivity contribution in [3.8, 4) is 0 Å². The summed E-state index contributed by atoms with van der Waals surface area (Å²) in [6.45, 7) is 0. The van der Waals surface area contributed by atoms with Crippen LogP contribution in [0.3, 0.4) is 0 Å². The molecule has 17 heavy (non-hydrogen) atoms. The molecule has 1 aliphatic rings. The smallest absolute Gasteiger partial charge is 0.271 e. The molecule has 0 saturated heterocycles. The van der Waals surface area contributed by atoms with Crippen LogP contribution in [0.15, 0.2) is 16.9 Å². The highest BCUT2D eigenvalue weighted by atomic mass is 32.2. The van der Waals surface area contributed by atoms with E-state index in [1.807, 2.05) is 11.8 Å². The Morgan fingerprint density at radius 1 is 1.53 bits per heavy atom. The maximum absolute atomic E-state index is 11.8. The number of carbonyl (C=O) groups is 1. The SMILES string of the molecule is CSC1CCC(NC(=O)c2ccc(=O)[nH]n2)C1.